The van der Waals surface area contributed by atoms with Gasteiger partial charge < -0.3 is 9.47 Å². The van der Waals surface area contributed by atoms with Gasteiger partial charge in [-0.1, -0.05) is 0 Å². The van der Waals surface area contributed by atoms with Crippen molar-refractivity contribution in [1.29, 1.82) is 0 Å². The van der Waals surface area contributed by atoms with Crippen molar-refractivity contribution in [3.05, 3.63) is 0 Å². The van der Waals surface area contributed by atoms with Crippen LogP contribution in [0.4, 0.5) is 0 Å². The summed E-state index contributed by atoms with van der Waals surface area (Å²) in [7, 11) is 1.39. The number of ketones is 1. The van der Waals surface area contributed by atoms with Crippen LogP contribution in [0.15, 0.2) is 0 Å². The number of hydrogen-bond acceptors (Lipinski definition) is 5. The van der Waals surface area contributed by atoms with E-state index in [0.29, 0.717) is 6.54 Å². The van der Waals surface area contributed by atoms with Crippen molar-refractivity contribution in [2.75, 3.05) is 33.4 Å². The standard InChI is InChI=1S/C11H19NO4/c1-9(13)8-16-10-3-5-12(6-4-10)7-11(14)15-2/h10H,3-8H2,1-2H3. The van der Waals surface area contributed by atoms with E-state index < -0.39 is 0 Å². The van der Waals surface area contributed by atoms with E-state index in [4.69, 9.17) is 4.74 Å². The Morgan fingerprint density at radius 1 is 1.31 bits per heavy atom. The predicted octanol–water partition coefficient (Wildman–Crippen LogP) is 0.229. The number of likely N-dealkylation sites (tertiary alicyclic amines) is 1. The average Bonchev–Trinajstić information content (AvgIpc) is 2.28. The highest BCUT2D eigenvalue weighted by molar-refractivity contribution is 5.76. The average molecular weight is 229 g/mol. The van der Waals surface area contributed by atoms with Crippen LogP contribution in [0.3, 0.4) is 0 Å². The molecule has 0 aromatic carbocycles. The second-order valence-electron chi connectivity index (χ2n) is 4.06. The Labute approximate surface area is 95.7 Å². The number of methoxy groups -OCH3 is 1. The highest BCUT2D eigenvalue weighted by Crippen LogP contribution is 2.13. The van der Waals surface area contributed by atoms with Crippen LogP contribution < -0.4 is 0 Å². The molecule has 5 heteroatoms. The van der Waals surface area contributed by atoms with E-state index in [2.05, 4.69) is 4.74 Å². The van der Waals surface area contributed by atoms with Gasteiger partial charge in [-0.25, -0.2) is 0 Å². The zero-order chi connectivity index (χ0) is 12.0. The molecule has 0 saturated carbocycles. The molecule has 0 aromatic rings. The van der Waals surface area contributed by atoms with E-state index in [1.54, 1.807) is 0 Å². The summed E-state index contributed by atoms with van der Waals surface area (Å²) in [5.41, 5.74) is 0. The first-order valence-corrected chi connectivity index (χ1v) is 5.52. The second kappa shape index (κ2) is 6.60. The van der Waals surface area contributed by atoms with Gasteiger partial charge in [0.15, 0.2) is 5.78 Å². The van der Waals surface area contributed by atoms with Gasteiger partial charge >= 0.3 is 5.97 Å². The van der Waals surface area contributed by atoms with Gasteiger partial charge in [0.2, 0.25) is 0 Å². The van der Waals surface area contributed by atoms with Gasteiger partial charge in [-0.05, 0) is 19.8 Å². The maximum Gasteiger partial charge on any atom is 0.319 e. The number of nitrogens with zero attached hydrogens (tertiary/aromatic N) is 1. The van der Waals surface area contributed by atoms with Crippen molar-refractivity contribution in [1.82, 2.24) is 4.90 Å². The van der Waals surface area contributed by atoms with Crippen molar-refractivity contribution in [2.45, 2.75) is 25.9 Å². The lowest BCUT2D eigenvalue weighted by molar-refractivity contribution is -0.142. The van der Waals surface area contributed by atoms with Crippen LogP contribution in [0.25, 0.3) is 0 Å². The van der Waals surface area contributed by atoms with Gasteiger partial charge in [0.1, 0.15) is 6.61 Å². The number of ether oxygens (including phenoxy) is 2. The molecule has 0 spiro atoms. The second-order valence-corrected chi connectivity index (χ2v) is 4.06. The fourth-order valence-corrected chi connectivity index (χ4v) is 1.72. The maximum atomic E-state index is 11.0. The predicted molar refractivity (Wildman–Crippen MR) is 58.1 cm³/mol. The SMILES string of the molecule is COC(=O)CN1CCC(OCC(C)=O)CC1. The topological polar surface area (TPSA) is 55.8 Å². The molecule has 0 aliphatic carbocycles. The molecule has 0 bridgehead atoms. The van der Waals surface area contributed by atoms with Crippen LogP contribution in [-0.4, -0.2) is 56.1 Å². The summed E-state index contributed by atoms with van der Waals surface area (Å²) in [6, 6.07) is 0. The van der Waals surface area contributed by atoms with E-state index in [1.807, 2.05) is 4.90 Å². The molecule has 0 amide bonds. The lowest BCUT2D eigenvalue weighted by atomic mass is 10.1. The Balaban J connectivity index is 2.18. The summed E-state index contributed by atoms with van der Waals surface area (Å²) in [4.78, 5) is 23.8. The molecule has 0 unspecified atom stereocenters. The van der Waals surface area contributed by atoms with Crippen LogP contribution in [-0.2, 0) is 19.1 Å². The van der Waals surface area contributed by atoms with Crippen molar-refractivity contribution < 1.29 is 19.1 Å². The van der Waals surface area contributed by atoms with Crippen molar-refractivity contribution >= 4 is 11.8 Å². The Kier molecular flexibility index (Phi) is 5.42. The highest BCUT2D eigenvalue weighted by atomic mass is 16.5. The third-order valence-corrected chi connectivity index (χ3v) is 2.64. The number of hydrogen-bond donors (Lipinski definition) is 0. The minimum atomic E-state index is -0.205. The van der Waals surface area contributed by atoms with Gasteiger partial charge in [0.25, 0.3) is 0 Å². The summed E-state index contributed by atoms with van der Waals surface area (Å²) in [5.74, 6) is -0.153. The van der Waals surface area contributed by atoms with E-state index in [1.165, 1.54) is 14.0 Å². The molecule has 1 aliphatic rings. The minimum Gasteiger partial charge on any atom is -0.468 e. The van der Waals surface area contributed by atoms with Crippen LogP contribution >= 0.6 is 0 Å². The lowest BCUT2D eigenvalue weighted by Gasteiger charge is -2.30. The summed E-state index contributed by atoms with van der Waals surface area (Å²) >= 11 is 0. The molecular weight excluding hydrogens is 210 g/mol. The molecule has 1 fully saturated rings. The van der Waals surface area contributed by atoms with Gasteiger partial charge in [0, 0.05) is 13.1 Å². The molecule has 0 aromatic heterocycles. The third-order valence-electron chi connectivity index (χ3n) is 2.64. The molecule has 0 atom stereocenters. The first-order valence-electron chi connectivity index (χ1n) is 5.52. The number of carbonyl (C=O) groups is 2. The van der Waals surface area contributed by atoms with Crippen LogP contribution in [0, 0.1) is 0 Å². The molecule has 92 valence electrons. The molecule has 0 N–H and O–H groups in total. The number of Topliss-reactive ketones (excluding diaryl/α,β-unsaturated/α-hetero) is 1. The number of piperidine rings is 1. The van der Waals surface area contributed by atoms with Gasteiger partial charge in [-0.3, -0.25) is 14.5 Å². The third kappa shape index (κ3) is 4.72. The fraction of sp³-hybridized carbons (Fsp3) is 0.818. The van der Waals surface area contributed by atoms with Gasteiger partial charge in [-0.2, -0.15) is 0 Å². The molecule has 1 aliphatic heterocycles. The molecule has 1 heterocycles. The molecule has 1 rings (SSSR count). The Bertz CT molecular complexity index is 246. The molecule has 1 saturated heterocycles. The quantitative estimate of drug-likeness (QED) is 0.632. The first-order chi connectivity index (χ1) is 7.61. The Morgan fingerprint density at radius 3 is 2.44 bits per heavy atom. The molecule has 16 heavy (non-hydrogen) atoms. The van der Waals surface area contributed by atoms with E-state index in [0.717, 1.165) is 25.9 Å². The van der Waals surface area contributed by atoms with Crippen LogP contribution in [0.1, 0.15) is 19.8 Å². The van der Waals surface area contributed by atoms with Crippen LogP contribution in [0.5, 0.6) is 0 Å². The fourth-order valence-electron chi connectivity index (χ4n) is 1.72. The first kappa shape index (κ1) is 13.1. The number of esters is 1. The smallest absolute Gasteiger partial charge is 0.319 e. The Hall–Kier alpha value is -0.940. The van der Waals surface area contributed by atoms with Crippen LogP contribution in [0.2, 0.25) is 0 Å². The molecule has 5 nitrogen and oxygen atoms in total. The summed E-state index contributed by atoms with van der Waals surface area (Å²) in [6.07, 6.45) is 1.88. The normalized spacial score (nSPS) is 18.4. The van der Waals surface area contributed by atoms with Crippen molar-refractivity contribution in [3.63, 3.8) is 0 Å². The number of rotatable bonds is 5. The summed E-state index contributed by atoms with van der Waals surface area (Å²) in [5, 5.41) is 0. The minimum absolute atomic E-state index is 0.0528. The van der Waals surface area contributed by atoms with Gasteiger partial charge in [0.05, 0.1) is 19.8 Å². The zero-order valence-corrected chi connectivity index (χ0v) is 9.90. The van der Waals surface area contributed by atoms with Crippen molar-refractivity contribution in [2.24, 2.45) is 0 Å². The Morgan fingerprint density at radius 2 is 1.94 bits per heavy atom. The largest absolute Gasteiger partial charge is 0.468 e. The zero-order valence-electron chi connectivity index (χ0n) is 9.90. The summed E-state index contributed by atoms with van der Waals surface area (Å²) in [6.45, 7) is 3.69. The highest BCUT2D eigenvalue weighted by Gasteiger charge is 2.21. The monoisotopic (exact) mass is 229 g/mol. The van der Waals surface area contributed by atoms with E-state index in [9.17, 15) is 9.59 Å². The van der Waals surface area contributed by atoms with E-state index in [-0.39, 0.29) is 24.5 Å². The van der Waals surface area contributed by atoms with Gasteiger partial charge in [-0.15, -0.1) is 0 Å². The maximum absolute atomic E-state index is 11.0. The van der Waals surface area contributed by atoms with Crippen molar-refractivity contribution in [3.8, 4) is 0 Å². The lowest BCUT2D eigenvalue weighted by Crippen LogP contribution is -2.40. The summed E-state index contributed by atoms with van der Waals surface area (Å²) < 4.78 is 10.0. The number of carbonyl (C=O) groups excluding carboxylic acids is 2. The molecular formula is C11H19NO4. The molecule has 0 radical (unpaired) electrons. The van der Waals surface area contributed by atoms with E-state index >= 15 is 0 Å².